The van der Waals surface area contributed by atoms with E-state index in [1.807, 2.05) is 41.9 Å². The molecule has 6 heteroatoms. The highest BCUT2D eigenvalue weighted by Gasteiger charge is 2.25. The molecule has 2 aromatic heterocycles. The van der Waals surface area contributed by atoms with E-state index in [9.17, 15) is 9.90 Å². The summed E-state index contributed by atoms with van der Waals surface area (Å²) >= 11 is 2.92. The van der Waals surface area contributed by atoms with Crippen LogP contribution in [0, 0.1) is 0 Å². The number of nitrogens with zero attached hydrogens (tertiary/aromatic N) is 1. The van der Waals surface area contributed by atoms with Crippen molar-refractivity contribution in [3.63, 3.8) is 0 Å². The third-order valence-electron chi connectivity index (χ3n) is 3.05. The highest BCUT2D eigenvalue weighted by atomic mass is 32.2. The molecule has 0 aromatic carbocycles. The third-order valence-corrected chi connectivity index (χ3v) is 4.79. The van der Waals surface area contributed by atoms with Gasteiger partial charge in [0.25, 0.3) is 0 Å². The second-order valence-electron chi connectivity index (χ2n) is 4.93. The number of hydrogen-bond acceptors (Lipinski definition) is 5. The fourth-order valence-electron chi connectivity index (χ4n) is 1.73. The normalized spacial score (nSPS) is 15.2. The molecular weight excluding hydrogens is 304 g/mol. The summed E-state index contributed by atoms with van der Waals surface area (Å²) in [7, 11) is 0. The maximum absolute atomic E-state index is 12.1. The van der Waals surface area contributed by atoms with Gasteiger partial charge in [-0.25, -0.2) is 4.98 Å². The Labute approximate surface area is 132 Å². The number of pyridine rings is 1. The number of aliphatic hydroxyl groups is 1. The number of aromatic nitrogens is 1. The van der Waals surface area contributed by atoms with Gasteiger partial charge < -0.3 is 10.4 Å². The largest absolute Gasteiger partial charge is 0.384 e. The highest BCUT2D eigenvalue weighted by molar-refractivity contribution is 8.00. The minimum absolute atomic E-state index is 0.110. The molecule has 2 aromatic rings. The standard InChI is InChI=1S/C15H18N2O2S2/c1-11(21-13-5-3-4-7-16-13)14(18)17-10-15(2,19)12-6-8-20-9-12/h3-9,11,19H,10H2,1-2H3,(H,17,18). The van der Waals surface area contributed by atoms with Crippen LogP contribution in [-0.2, 0) is 10.4 Å². The lowest BCUT2D eigenvalue weighted by molar-refractivity contribution is -0.121. The lowest BCUT2D eigenvalue weighted by atomic mass is 9.99. The van der Waals surface area contributed by atoms with Crippen molar-refractivity contribution < 1.29 is 9.90 Å². The van der Waals surface area contributed by atoms with Gasteiger partial charge in [-0.3, -0.25) is 4.79 Å². The second-order valence-corrected chi connectivity index (χ2v) is 7.07. The summed E-state index contributed by atoms with van der Waals surface area (Å²) in [6.45, 7) is 3.72. The number of nitrogens with one attached hydrogen (secondary N) is 1. The molecule has 2 rings (SSSR count). The molecule has 0 saturated heterocycles. The zero-order valence-electron chi connectivity index (χ0n) is 11.9. The van der Waals surface area contributed by atoms with Gasteiger partial charge in [0, 0.05) is 6.20 Å². The third kappa shape index (κ3) is 4.56. The fraction of sp³-hybridized carbons (Fsp3) is 0.333. The van der Waals surface area contributed by atoms with E-state index in [1.165, 1.54) is 23.1 Å². The molecule has 0 saturated carbocycles. The Morgan fingerprint density at radius 3 is 2.95 bits per heavy atom. The molecule has 4 nitrogen and oxygen atoms in total. The number of carbonyl (C=O) groups excluding carboxylic acids is 1. The number of hydrogen-bond donors (Lipinski definition) is 2. The van der Waals surface area contributed by atoms with Crippen molar-refractivity contribution in [3.8, 4) is 0 Å². The van der Waals surface area contributed by atoms with Crippen LogP contribution in [0.25, 0.3) is 0 Å². The van der Waals surface area contributed by atoms with Crippen LogP contribution >= 0.6 is 23.1 Å². The molecule has 0 aliphatic heterocycles. The van der Waals surface area contributed by atoms with Crippen molar-refractivity contribution in [1.82, 2.24) is 10.3 Å². The molecule has 0 spiro atoms. The molecule has 1 amide bonds. The first-order valence-corrected chi connectivity index (χ1v) is 8.42. The van der Waals surface area contributed by atoms with Crippen LogP contribution < -0.4 is 5.32 Å². The second kappa shape index (κ2) is 7.06. The predicted molar refractivity (Wildman–Crippen MR) is 86.5 cm³/mol. The van der Waals surface area contributed by atoms with Crippen molar-refractivity contribution in [2.45, 2.75) is 29.7 Å². The van der Waals surface area contributed by atoms with E-state index in [0.29, 0.717) is 0 Å². The molecule has 0 bridgehead atoms. The Morgan fingerprint density at radius 1 is 1.52 bits per heavy atom. The van der Waals surface area contributed by atoms with Gasteiger partial charge in [-0.1, -0.05) is 17.8 Å². The zero-order valence-corrected chi connectivity index (χ0v) is 13.6. The minimum Gasteiger partial charge on any atom is -0.384 e. The molecule has 0 aliphatic rings. The maximum Gasteiger partial charge on any atom is 0.233 e. The Kier molecular flexibility index (Phi) is 5.39. The summed E-state index contributed by atoms with van der Waals surface area (Å²) in [5, 5.41) is 17.5. The van der Waals surface area contributed by atoms with E-state index in [-0.39, 0.29) is 17.7 Å². The fourth-order valence-corrected chi connectivity index (χ4v) is 3.34. The van der Waals surface area contributed by atoms with Gasteiger partial charge in [0.05, 0.1) is 16.8 Å². The molecule has 0 fully saturated rings. The summed E-state index contributed by atoms with van der Waals surface area (Å²) in [5.41, 5.74) is -0.233. The van der Waals surface area contributed by atoms with Gasteiger partial charge in [0.2, 0.25) is 5.91 Å². The van der Waals surface area contributed by atoms with E-state index < -0.39 is 5.60 Å². The van der Waals surface area contributed by atoms with E-state index >= 15 is 0 Å². The first-order valence-electron chi connectivity index (χ1n) is 6.59. The van der Waals surface area contributed by atoms with Crippen molar-refractivity contribution in [2.24, 2.45) is 0 Å². The molecule has 0 radical (unpaired) electrons. The van der Waals surface area contributed by atoms with Crippen LogP contribution in [-0.4, -0.2) is 27.8 Å². The van der Waals surface area contributed by atoms with Gasteiger partial charge in [0.1, 0.15) is 5.60 Å². The van der Waals surface area contributed by atoms with Gasteiger partial charge in [-0.15, -0.1) is 0 Å². The number of amides is 1. The summed E-state index contributed by atoms with van der Waals surface area (Å²) in [4.78, 5) is 16.3. The van der Waals surface area contributed by atoms with Crippen LogP contribution in [0.3, 0.4) is 0 Å². The van der Waals surface area contributed by atoms with Gasteiger partial charge in [0.15, 0.2) is 0 Å². The first-order chi connectivity index (χ1) is 9.99. The Hall–Kier alpha value is -1.37. The maximum atomic E-state index is 12.1. The van der Waals surface area contributed by atoms with E-state index in [4.69, 9.17) is 0 Å². The van der Waals surface area contributed by atoms with E-state index in [2.05, 4.69) is 10.3 Å². The van der Waals surface area contributed by atoms with Crippen molar-refractivity contribution >= 4 is 29.0 Å². The number of thioether (sulfide) groups is 1. The highest BCUT2D eigenvalue weighted by Crippen LogP contribution is 2.23. The monoisotopic (exact) mass is 322 g/mol. The Bertz CT molecular complexity index is 571. The topological polar surface area (TPSA) is 62.2 Å². The van der Waals surface area contributed by atoms with Crippen molar-refractivity contribution in [1.29, 1.82) is 0 Å². The lowest BCUT2D eigenvalue weighted by Gasteiger charge is -2.23. The quantitative estimate of drug-likeness (QED) is 0.803. The lowest BCUT2D eigenvalue weighted by Crippen LogP contribution is -2.41. The molecule has 21 heavy (non-hydrogen) atoms. The molecule has 2 unspecified atom stereocenters. The summed E-state index contributed by atoms with van der Waals surface area (Å²) in [6.07, 6.45) is 1.70. The van der Waals surface area contributed by atoms with Crippen LogP contribution in [0.4, 0.5) is 0 Å². The number of carbonyl (C=O) groups is 1. The molecule has 0 aliphatic carbocycles. The van der Waals surface area contributed by atoms with Gasteiger partial charge in [-0.2, -0.15) is 11.3 Å². The molecular formula is C15H18N2O2S2. The van der Waals surface area contributed by atoms with Crippen LogP contribution in [0.2, 0.25) is 0 Å². The summed E-state index contributed by atoms with van der Waals surface area (Å²) in [5.74, 6) is -0.110. The molecule has 2 atom stereocenters. The van der Waals surface area contributed by atoms with Crippen LogP contribution in [0.1, 0.15) is 19.4 Å². The van der Waals surface area contributed by atoms with E-state index in [1.54, 1.807) is 13.1 Å². The van der Waals surface area contributed by atoms with Crippen molar-refractivity contribution in [3.05, 3.63) is 46.8 Å². The average Bonchev–Trinajstić information content (AvgIpc) is 3.01. The Balaban J connectivity index is 1.87. The Morgan fingerprint density at radius 2 is 2.33 bits per heavy atom. The predicted octanol–water partition coefficient (Wildman–Crippen LogP) is 2.65. The van der Waals surface area contributed by atoms with Crippen LogP contribution in [0.5, 0.6) is 0 Å². The smallest absolute Gasteiger partial charge is 0.233 e. The van der Waals surface area contributed by atoms with Crippen molar-refractivity contribution in [2.75, 3.05) is 6.54 Å². The zero-order chi connectivity index (χ0) is 15.3. The minimum atomic E-state index is -1.05. The van der Waals surface area contributed by atoms with Gasteiger partial charge >= 0.3 is 0 Å². The van der Waals surface area contributed by atoms with E-state index in [0.717, 1.165) is 10.6 Å². The summed E-state index contributed by atoms with van der Waals surface area (Å²) < 4.78 is 0. The molecule has 2 heterocycles. The summed E-state index contributed by atoms with van der Waals surface area (Å²) in [6, 6.07) is 7.47. The SMILES string of the molecule is CC(Sc1ccccn1)C(=O)NCC(C)(O)c1ccsc1. The number of rotatable bonds is 6. The number of thiophene rings is 1. The average molecular weight is 322 g/mol. The molecule has 112 valence electrons. The van der Waals surface area contributed by atoms with Crippen LogP contribution in [0.15, 0.2) is 46.2 Å². The van der Waals surface area contributed by atoms with Gasteiger partial charge in [-0.05, 0) is 48.4 Å². The molecule has 2 N–H and O–H groups in total. The first kappa shape index (κ1) is 16.0.